The number of carbonyl (C=O) groups excluding carboxylic acids is 1. The number of aliphatic hydroxyl groups is 1. The summed E-state index contributed by atoms with van der Waals surface area (Å²) in [6, 6.07) is 6.84. The second kappa shape index (κ2) is 7.95. The standard InChI is InChI=1S/C20H22N4O4/c1-27-17-9-19-22-16(13-5-7-28-8-6-13)11-24(19)10-15(17)20(26)23-18-4-2-3-14(12-25)21-18/h2-4,9-11,13,25H,5-8,12H2,1H3,(H,21,23,26). The second-order valence-electron chi connectivity index (χ2n) is 6.70. The first-order valence-corrected chi connectivity index (χ1v) is 9.20. The molecule has 0 saturated carbocycles. The first-order chi connectivity index (χ1) is 13.7. The highest BCUT2D eigenvalue weighted by Crippen LogP contribution is 2.28. The molecular formula is C20H22N4O4. The average molecular weight is 382 g/mol. The van der Waals surface area contributed by atoms with Crippen LogP contribution < -0.4 is 10.1 Å². The number of nitrogens with one attached hydrogen (secondary N) is 1. The SMILES string of the molecule is COc1cc2nc(C3CCOCC3)cn2cc1C(=O)Nc1cccc(CO)n1. The van der Waals surface area contributed by atoms with Crippen LogP contribution in [0, 0.1) is 0 Å². The van der Waals surface area contributed by atoms with E-state index in [9.17, 15) is 9.90 Å². The first-order valence-electron chi connectivity index (χ1n) is 9.20. The monoisotopic (exact) mass is 382 g/mol. The van der Waals surface area contributed by atoms with E-state index in [0.29, 0.717) is 28.7 Å². The zero-order valence-electron chi connectivity index (χ0n) is 15.6. The molecule has 2 N–H and O–H groups in total. The largest absolute Gasteiger partial charge is 0.496 e. The topological polar surface area (TPSA) is 98.0 Å². The minimum atomic E-state index is -0.345. The Morgan fingerprint density at radius 1 is 1.32 bits per heavy atom. The molecule has 0 spiro atoms. The van der Waals surface area contributed by atoms with Gasteiger partial charge in [-0.1, -0.05) is 6.07 Å². The van der Waals surface area contributed by atoms with Gasteiger partial charge in [0.1, 0.15) is 17.2 Å². The highest BCUT2D eigenvalue weighted by Gasteiger charge is 2.21. The summed E-state index contributed by atoms with van der Waals surface area (Å²) in [6.07, 6.45) is 5.57. The number of anilines is 1. The highest BCUT2D eigenvalue weighted by atomic mass is 16.5. The molecule has 1 aliphatic rings. The highest BCUT2D eigenvalue weighted by molar-refractivity contribution is 6.05. The van der Waals surface area contributed by atoms with Crippen LogP contribution in [0.4, 0.5) is 5.82 Å². The summed E-state index contributed by atoms with van der Waals surface area (Å²) >= 11 is 0. The number of fused-ring (bicyclic) bond motifs is 1. The van der Waals surface area contributed by atoms with Gasteiger partial charge in [0.15, 0.2) is 0 Å². The van der Waals surface area contributed by atoms with E-state index in [1.165, 1.54) is 7.11 Å². The summed E-state index contributed by atoms with van der Waals surface area (Å²) in [7, 11) is 1.52. The maximum Gasteiger partial charge on any atom is 0.262 e. The number of hydrogen-bond donors (Lipinski definition) is 2. The molecule has 1 amide bonds. The van der Waals surface area contributed by atoms with Crippen LogP contribution in [0.3, 0.4) is 0 Å². The van der Waals surface area contributed by atoms with Crippen LogP contribution in [0.15, 0.2) is 36.7 Å². The van der Waals surface area contributed by atoms with Crippen LogP contribution in [-0.4, -0.2) is 45.7 Å². The van der Waals surface area contributed by atoms with Crippen molar-refractivity contribution in [3.8, 4) is 5.75 Å². The van der Waals surface area contributed by atoms with Crippen LogP contribution in [0.25, 0.3) is 5.65 Å². The zero-order chi connectivity index (χ0) is 19.5. The maximum atomic E-state index is 12.8. The van der Waals surface area contributed by atoms with E-state index in [2.05, 4.69) is 10.3 Å². The van der Waals surface area contributed by atoms with Gasteiger partial charge < -0.3 is 24.3 Å². The predicted molar refractivity (Wildman–Crippen MR) is 103 cm³/mol. The number of imidazole rings is 1. The summed E-state index contributed by atoms with van der Waals surface area (Å²) in [6.45, 7) is 1.30. The minimum absolute atomic E-state index is 0.191. The normalized spacial score (nSPS) is 14.9. The number of pyridine rings is 2. The van der Waals surface area contributed by atoms with Crippen molar-refractivity contribution in [3.05, 3.63) is 53.6 Å². The van der Waals surface area contributed by atoms with Gasteiger partial charge in [0.25, 0.3) is 5.91 Å². The summed E-state index contributed by atoms with van der Waals surface area (Å²) in [5, 5.41) is 12.0. The van der Waals surface area contributed by atoms with Crippen molar-refractivity contribution in [2.75, 3.05) is 25.6 Å². The van der Waals surface area contributed by atoms with Gasteiger partial charge >= 0.3 is 0 Å². The number of carbonyl (C=O) groups is 1. The molecule has 146 valence electrons. The number of ether oxygens (including phenoxy) is 2. The Balaban J connectivity index is 1.64. The molecule has 1 fully saturated rings. The molecule has 1 saturated heterocycles. The molecule has 0 bridgehead atoms. The van der Waals surface area contributed by atoms with Crippen LogP contribution in [0.2, 0.25) is 0 Å². The predicted octanol–water partition coefficient (Wildman–Crippen LogP) is 2.38. The van der Waals surface area contributed by atoms with Crippen molar-refractivity contribution in [1.82, 2.24) is 14.4 Å². The molecule has 0 radical (unpaired) electrons. The molecule has 3 aromatic rings. The van der Waals surface area contributed by atoms with Crippen molar-refractivity contribution in [3.63, 3.8) is 0 Å². The summed E-state index contributed by atoms with van der Waals surface area (Å²) in [4.78, 5) is 21.7. The van der Waals surface area contributed by atoms with E-state index in [-0.39, 0.29) is 12.5 Å². The summed E-state index contributed by atoms with van der Waals surface area (Å²) in [5.74, 6) is 0.824. The Kier molecular flexibility index (Phi) is 5.23. The van der Waals surface area contributed by atoms with E-state index in [0.717, 1.165) is 37.4 Å². The lowest BCUT2D eigenvalue weighted by atomic mass is 9.97. The molecule has 4 rings (SSSR count). The molecule has 8 heteroatoms. The Bertz CT molecular complexity index is 995. The number of amides is 1. The third kappa shape index (κ3) is 3.69. The van der Waals surface area contributed by atoms with E-state index < -0.39 is 0 Å². The van der Waals surface area contributed by atoms with E-state index >= 15 is 0 Å². The fourth-order valence-corrected chi connectivity index (χ4v) is 3.39. The quantitative estimate of drug-likeness (QED) is 0.703. The lowest BCUT2D eigenvalue weighted by molar-refractivity contribution is 0.0846. The van der Waals surface area contributed by atoms with Crippen molar-refractivity contribution in [1.29, 1.82) is 0 Å². The minimum Gasteiger partial charge on any atom is -0.496 e. The smallest absolute Gasteiger partial charge is 0.262 e. The third-order valence-corrected chi connectivity index (χ3v) is 4.89. The van der Waals surface area contributed by atoms with Crippen molar-refractivity contribution in [2.45, 2.75) is 25.4 Å². The van der Waals surface area contributed by atoms with E-state index in [4.69, 9.17) is 14.5 Å². The van der Waals surface area contributed by atoms with Gasteiger partial charge in [-0.25, -0.2) is 9.97 Å². The number of rotatable bonds is 5. The van der Waals surface area contributed by atoms with Gasteiger partial charge in [-0.15, -0.1) is 0 Å². The first kappa shape index (κ1) is 18.4. The van der Waals surface area contributed by atoms with Crippen LogP contribution >= 0.6 is 0 Å². The molecular weight excluding hydrogens is 360 g/mol. The molecule has 0 aromatic carbocycles. The van der Waals surface area contributed by atoms with Crippen molar-refractivity contribution in [2.24, 2.45) is 0 Å². The molecule has 0 unspecified atom stereocenters. The molecule has 28 heavy (non-hydrogen) atoms. The zero-order valence-corrected chi connectivity index (χ0v) is 15.6. The lowest BCUT2D eigenvalue weighted by Crippen LogP contribution is -2.15. The molecule has 3 aromatic heterocycles. The van der Waals surface area contributed by atoms with Gasteiger partial charge in [0.05, 0.1) is 30.7 Å². The number of nitrogens with zero attached hydrogens (tertiary/aromatic N) is 3. The van der Waals surface area contributed by atoms with Gasteiger partial charge in [-0.05, 0) is 25.0 Å². The van der Waals surface area contributed by atoms with Gasteiger partial charge in [-0.3, -0.25) is 4.79 Å². The molecule has 1 aliphatic heterocycles. The lowest BCUT2D eigenvalue weighted by Gasteiger charge is -2.19. The molecule has 8 nitrogen and oxygen atoms in total. The number of methoxy groups -OCH3 is 1. The van der Waals surface area contributed by atoms with Crippen molar-refractivity contribution < 1.29 is 19.4 Å². The molecule has 4 heterocycles. The van der Waals surface area contributed by atoms with E-state index in [1.54, 1.807) is 30.5 Å². The fourth-order valence-electron chi connectivity index (χ4n) is 3.39. The summed E-state index contributed by atoms with van der Waals surface area (Å²) < 4.78 is 12.7. The number of aromatic nitrogens is 3. The van der Waals surface area contributed by atoms with Gasteiger partial charge in [-0.2, -0.15) is 0 Å². The Labute approximate surface area is 162 Å². The van der Waals surface area contributed by atoms with E-state index in [1.807, 2.05) is 10.6 Å². The summed E-state index contributed by atoms with van der Waals surface area (Å²) in [5.41, 5.74) is 2.59. The number of hydrogen-bond acceptors (Lipinski definition) is 6. The Morgan fingerprint density at radius 2 is 2.14 bits per heavy atom. The Morgan fingerprint density at radius 3 is 2.89 bits per heavy atom. The average Bonchev–Trinajstić information content (AvgIpc) is 3.16. The third-order valence-electron chi connectivity index (χ3n) is 4.89. The molecule has 0 aliphatic carbocycles. The molecule has 0 atom stereocenters. The van der Waals surface area contributed by atoms with Crippen LogP contribution in [0.1, 0.15) is 40.5 Å². The van der Waals surface area contributed by atoms with Gasteiger partial charge in [0.2, 0.25) is 0 Å². The van der Waals surface area contributed by atoms with Crippen LogP contribution in [0.5, 0.6) is 5.75 Å². The maximum absolute atomic E-state index is 12.8. The number of aliphatic hydroxyl groups excluding tert-OH is 1. The van der Waals surface area contributed by atoms with Gasteiger partial charge in [0, 0.05) is 37.6 Å². The van der Waals surface area contributed by atoms with Crippen molar-refractivity contribution >= 4 is 17.4 Å². The second-order valence-corrected chi connectivity index (χ2v) is 6.70. The Hall–Kier alpha value is -2.97. The van der Waals surface area contributed by atoms with Crippen LogP contribution in [-0.2, 0) is 11.3 Å². The fraction of sp³-hybridized carbons (Fsp3) is 0.350.